The van der Waals surface area contributed by atoms with Crippen molar-refractivity contribution in [3.63, 3.8) is 0 Å². The number of rotatable bonds is 6. The average molecular weight is 508 g/mol. The lowest BCUT2D eigenvalue weighted by molar-refractivity contribution is -0.117. The van der Waals surface area contributed by atoms with Crippen LogP contribution >= 0.6 is 11.6 Å². The van der Waals surface area contributed by atoms with Gasteiger partial charge in [-0.2, -0.15) is 0 Å². The number of carbonyl (C=O) groups excluding carboxylic acids is 2. The van der Waals surface area contributed by atoms with E-state index in [4.69, 9.17) is 16.3 Å². The molecular weight excluding hydrogens is 478 g/mol. The zero-order chi connectivity index (χ0) is 24.9. The highest BCUT2D eigenvalue weighted by Crippen LogP contribution is 2.29. The van der Waals surface area contributed by atoms with Gasteiger partial charge < -0.3 is 20.3 Å². The summed E-state index contributed by atoms with van der Waals surface area (Å²) in [6, 6.07) is 12.8. The van der Waals surface area contributed by atoms with E-state index in [-0.39, 0.29) is 11.8 Å². The van der Waals surface area contributed by atoms with Crippen LogP contribution in [-0.4, -0.2) is 72.5 Å². The molecule has 1 aromatic heterocycles. The number of aromatic nitrogens is 1. The second-order valence-corrected chi connectivity index (χ2v) is 9.67. The van der Waals surface area contributed by atoms with E-state index in [9.17, 15) is 9.59 Å². The third-order valence-electron chi connectivity index (χ3n) is 6.56. The van der Waals surface area contributed by atoms with Gasteiger partial charge >= 0.3 is 0 Å². The molecule has 0 unspecified atom stereocenters. The highest BCUT2D eigenvalue weighted by molar-refractivity contribution is 6.31. The molecule has 2 aromatic carbocycles. The number of likely N-dealkylation sites (tertiary alicyclic amines) is 1. The Bertz CT molecular complexity index is 1260. The summed E-state index contributed by atoms with van der Waals surface area (Å²) >= 11 is 6.14. The van der Waals surface area contributed by atoms with Crippen LogP contribution in [0.25, 0.3) is 10.9 Å². The van der Waals surface area contributed by atoms with Crippen molar-refractivity contribution in [1.29, 1.82) is 0 Å². The summed E-state index contributed by atoms with van der Waals surface area (Å²) in [6.45, 7) is 4.36. The maximum atomic E-state index is 13.3. The zero-order valence-corrected chi connectivity index (χ0v) is 20.9. The van der Waals surface area contributed by atoms with E-state index in [1.807, 2.05) is 36.4 Å². The number of amides is 2. The molecule has 0 atom stereocenters. The summed E-state index contributed by atoms with van der Waals surface area (Å²) < 4.78 is 5.40. The average Bonchev–Trinajstić information content (AvgIpc) is 2.89. The molecule has 0 saturated carbocycles. The topological polar surface area (TPSA) is 86.8 Å². The van der Waals surface area contributed by atoms with Gasteiger partial charge in [-0.05, 0) is 68.4 Å². The lowest BCUT2D eigenvalue weighted by Crippen LogP contribution is -2.40. The Hall–Kier alpha value is -3.20. The fourth-order valence-electron chi connectivity index (χ4n) is 4.75. The van der Waals surface area contributed by atoms with E-state index in [1.165, 1.54) is 6.42 Å². The third kappa shape index (κ3) is 5.95. The molecule has 9 heteroatoms. The van der Waals surface area contributed by atoms with E-state index in [0.29, 0.717) is 54.8 Å². The number of pyridine rings is 1. The van der Waals surface area contributed by atoms with Crippen molar-refractivity contribution in [2.75, 3.05) is 56.6 Å². The number of ether oxygens (including phenoxy) is 1. The normalized spacial score (nSPS) is 16.6. The Balaban J connectivity index is 1.42. The lowest BCUT2D eigenvalue weighted by Gasteiger charge is -2.27. The predicted octanol–water partition coefficient (Wildman–Crippen LogP) is 4.53. The Morgan fingerprint density at radius 3 is 2.53 bits per heavy atom. The molecule has 5 rings (SSSR count). The second-order valence-electron chi connectivity index (χ2n) is 9.23. The number of nitrogens with zero attached hydrogens (tertiary/aromatic N) is 3. The quantitative estimate of drug-likeness (QED) is 0.510. The fourth-order valence-corrected chi connectivity index (χ4v) is 4.92. The number of carbonyl (C=O) groups is 2. The van der Waals surface area contributed by atoms with Crippen molar-refractivity contribution < 1.29 is 14.3 Å². The smallest absolute Gasteiger partial charge is 0.254 e. The minimum Gasteiger partial charge on any atom is -0.378 e. The standard InChI is InChI=1S/C27H30ClN5O3/c28-20-4-5-23-24(6-7-29-25(23)16-20)30-21-14-19(27(35)33-10-12-36-13-11-33)15-22(17-21)31-26(34)18-32-8-2-1-3-9-32/h4-7,14-17H,1-3,8-13,18H2,(H,29,30)(H,31,34). The zero-order valence-electron chi connectivity index (χ0n) is 20.1. The number of hydrogen-bond donors (Lipinski definition) is 2. The van der Waals surface area contributed by atoms with E-state index in [1.54, 1.807) is 17.2 Å². The van der Waals surface area contributed by atoms with Gasteiger partial charge in [0.15, 0.2) is 0 Å². The molecule has 2 amide bonds. The van der Waals surface area contributed by atoms with E-state index < -0.39 is 0 Å². The molecular formula is C27H30ClN5O3. The molecule has 36 heavy (non-hydrogen) atoms. The van der Waals surface area contributed by atoms with Gasteiger partial charge in [-0.25, -0.2) is 0 Å². The van der Waals surface area contributed by atoms with Gasteiger partial charge in [0.1, 0.15) is 0 Å². The third-order valence-corrected chi connectivity index (χ3v) is 6.80. The largest absolute Gasteiger partial charge is 0.378 e. The number of hydrogen-bond acceptors (Lipinski definition) is 6. The van der Waals surface area contributed by atoms with Crippen LogP contribution in [0.5, 0.6) is 0 Å². The molecule has 2 N–H and O–H groups in total. The lowest BCUT2D eigenvalue weighted by atomic mass is 10.1. The number of morpholine rings is 1. The number of piperidine rings is 1. The van der Waals surface area contributed by atoms with Crippen LogP contribution in [0.2, 0.25) is 5.02 Å². The molecule has 0 spiro atoms. The van der Waals surface area contributed by atoms with Crippen molar-refractivity contribution in [2.24, 2.45) is 0 Å². The molecule has 2 fully saturated rings. The van der Waals surface area contributed by atoms with E-state index >= 15 is 0 Å². The molecule has 0 bridgehead atoms. The van der Waals surface area contributed by atoms with Crippen molar-refractivity contribution in [3.05, 3.63) is 59.2 Å². The first-order valence-corrected chi connectivity index (χ1v) is 12.8. The summed E-state index contributed by atoms with van der Waals surface area (Å²) in [4.78, 5) is 34.5. The monoisotopic (exact) mass is 507 g/mol. The summed E-state index contributed by atoms with van der Waals surface area (Å²) in [5.41, 5.74) is 3.39. The molecule has 8 nitrogen and oxygen atoms in total. The maximum absolute atomic E-state index is 13.3. The highest BCUT2D eigenvalue weighted by Gasteiger charge is 2.21. The molecule has 0 radical (unpaired) electrons. The number of halogens is 1. The SMILES string of the molecule is O=C(CN1CCCCC1)Nc1cc(Nc2ccnc3cc(Cl)ccc23)cc(C(=O)N2CCOCC2)c1. The minimum absolute atomic E-state index is 0.0807. The first-order valence-electron chi connectivity index (χ1n) is 12.4. The van der Waals surface area contributed by atoms with Gasteiger partial charge in [0, 0.05) is 52.3 Å². The fraction of sp³-hybridized carbons (Fsp3) is 0.370. The molecule has 0 aliphatic carbocycles. The Kier molecular flexibility index (Phi) is 7.65. The van der Waals surface area contributed by atoms with Crippen LogP contribution in [0.1, 0.15) is 29.6 Å². The molecule has 3 heterocycles. The Labute approximate surface area is 215 Å². The predicted molar refractivity (Wildman–Crippen MR) is 142 cm³/mol. The number of nitrogens with one attached hydrogen (secondary N) is 2. The number of fused-ring (bicyclic) bond motifs is 1. The first-order chi connectivity index (χ1) is 17.5. The molecule has 2 aliphatic heterocycles. The molecule has 188 valence electrons. The number of anilines is 3. The van der Waals surface area contributed by atoms with E-state index in [0.717, 1.165) is 42.5 Å². The summed E-state index contributed by atoms with van der Waals surface area (Å²) in [7, 11) is 0. The number of benzene rings is 2. The highest BCUT2D eigenvalue weighted by atomic mass is 35.5. The molecule has 2 aliphatic rings. The van der Waals surface area contributed by atoms with Crippen molar-refractivity contribution >= 4 is 51.4 Å². The molecule has 3 aromatic rings. The van der Waals surface area contributed by atoms with Crippen LogP contribution in [-0.2, 0) is 9.53 Å². The molecule has 2 saturated heterocycles. The Morgan fingerprint density at radius 2 is 1.72 bits per heavy atom. The van der Waals surface area contributed by atoms with Crippen molar-refractivity contribution in [3.8, 4) is 0 Å². The van der Waals surface area contributed by atoms with Crippen LogP contribution in [0.4, 0.5) is 17.1 Å². The van der Waals surface area contributed by atoms with Crippen molar-refractivity contribution in [1.82, 2.24) is 14.8 Å². The Morgan fingerprint density at radius 1 is 0.944 bits per heavy atom. The van der Waals surface area contributed by atoms with Gasteiger partial charge in [-0.15, -0.1) is 0 Å². The van der Waals surface area contributed by atoms with Crippen LogP contribution < -0.4 is 10.6 Å². The summed E-state index contributed by atoms with van der Waals surface area (Å²) in [5.74, 6) is -0.164. The van der Waals surface area contributed by atoms with Crippen LogP contribution in [0, 0.1) is 0 Å². The van der Waals surface area contributed by atoms with Gasteiger partial charge in [0.25, 0.3) is 5.91 Å². The minimum atomic E-state index is -0.0835. The van der Waals surface area contributed by atoms with Crippen LogP contribution in [0.15, 0.2) is 48.7 Å². The van der Waals surface area contributed by atoms with Gasteiger partial charge in [-0.1, -0.05) is 18.0 Å². The van der Waals surface area contributed by atoms with Gasteiger partial charge in [0.2, 0.25) is 5.91 Å². The van der Waals surface area contributed by atoms with E-state index in [2.05, 4.69) is 20.5 Å². The first kappa shape index (κ1) is 24.5. The van der Waals surface area contributed by atoms with Crippen molar-refractivity contribution in [2.45, 2.75) is 19.3 Å². The summed E-state index contributed by atoms with van der Waals surface area (Å²) in [5, 5.41) is 7.95. The van der Waals surface area contributed by atoms with Crippen LogP contribution in [0.3, 0.4) is 0 Å². The van der Waals surface area contributed by atoms with Gasteiger partial charge in [0.05, 0.1) is 25.3 Å². The second kappa shape index (κ2) is 11.2. The van der Waals surface area contributed by atoms with Gasteiger partial charge in [-0.3, -0.25) is 19.5 Å². The maximum Gasteiger partial charge on any atom is 0.254 e. The summed E-state index contributed by atoms with van der Waals surface area (Å²) in [6.07, 6.45) is 5.17.